The van der Waals surface area contributed by atoms with E-state index in [1.807, 2.05) is 30.5 Å². The van der Waals surface area contributed by atoms with E-state index >= 15 is 0 Å². The van der Waals surface area contributed by atoms with Crippen LogP contribution in [0.4, 0.5) is 0 Å². The topological polar surface area (TPSA) is 52.6 Å². The maximum atomic E-state index is 11.1. The Labute approximate surface area is 111 Å². The highest BCUT2D eigenvalue weighted by atomic mass is 32.2. The second-order valence-corrected chi connectivity index (χ2v) is 4.33. The fraction of sp³-hybridized carbons (Fsp3) is 0.385. The lowest BCUT2D eigenvalue weighted by Gasteiger charge is -2.05. The number of rotatable bonds is 5. The molecule has 0 N–H and O–H groups in total. The maximum Gasteiger partial charge on any atom is 0.417 e. The van der Waals surface area contributed by atoms with E-state index in [0.29, 0.717) is 6.42 Å². The number of carbonyl (C=O) groups excluding carboxylic acids is 2. The van der Waals surface area contributed by atoms with Crippen LogP contribution in [-0.4, -0.2) is 31.4 Å². The first kappa shape index (κ1) is 14.6. The first-order chi connectivity index (χ1) is 8.67. The summed E-state index contributed by atoms with van der Waals surface area (Å²) in [5.41, 5.74) is 1.06. The van der Waals surface area contributed by atoms with Crippen molar-refractivity contribution in [3.05, 3.63) is 29.8 Å². The van der Waals surface area contributed by atoms with E-state index < -0.39 is 11.9 Å². The molecule has 0 aromatic heterocycles. The number of carbonyl (C=O) groups is 2. The molecule has 0 fully saturated rings. The van der Waals surface area contributed by atoms with E-state index in [1.165, 1.54) is 4.90 Å². The average Bonchev–Trinajstić information content (AvgIpc) is 2.39. The van der Waals surface area contributed by atoms with Gasteiger partial charge in [0.25, 0.3) is 0 Å². The summed E-state index contributed by atoms with van der Waals surface area (Å²) in [6.07, 6.45) is 2.59. The summed E-state index contributed by atoms with van der Waals surface area (Å²) < 4.78 is 9.32. The van der Waals surface area contributed by atoms with Crippen molar-refractivity contribution in [2.75, 3.05) is 19.5 Å². The van der Waals surface area contributed by atoms with E-state index in [9.17, 15) is 9.59 Å². The highest BCUT2D eigenvalue weighted by Gasteiger charge is 2.15. The Kier molecular flexibility index (Phi) is 6.28. The van der Waals surface area contributed by atoms with Crippen LogP contribution < -0.4 is 0 Å². The largest absolute Gasteiger partial charge is 0.458 e. The van der Waals surface area contributed by atoms with Crippen LogP contribution in [0, 0.1) is 0 Å². The minimum absolute atomic E-state index is 0.171. The minimum Gasteiger partial charge on any atom is -0.458 e. The lowest BCUT2D eigenvalue weighted by Crippen LogP contribution is -2.21. The molecule has 0 aliphatic carbocycles. The van der Waals surface area contributed by atoms with Crippen molar-refractivity contribution in [1.82, 2.24) is 0 Å². The molecule has 0 atom stereocenters. The van der Waals surface area contributed by atoms with Gasteiger partial charge in [-0.2, -0.15) is 0 Å². The molecular formula is C13H16O4S. The van der Waals surface area contributed by atoms with E-state index in [0.717, 1.165) is 5.56 Å². The summed E-state index contributed by atoms with van der Waals surface area (Å²) in [5, 5.41) is 0. The standard InChI is InChI=1S/C13H16O4S/c1-3-16-12(14)13(15)17-9-8-10-4-6-11(18-2)7-5-10/h4-7H,3,8-9H2,1-2H3. The normalized spacial score (nSPS) is 9.89. The molecule has 0 unspecified atom stereocenters. The van der Waals surface area contributed by atoms with Gasteiger partial charge in [0.05, 0.1) is 13.2 Å². The van der Waals surface area contributed by atoms with Crippen molar-refractivity contribution >= 4 is 23.7 Å². The third-order valence-corrected chi connectivity index (χ3v) is 2.97. The van der Waals surface area contributed by atoms with Crippen molar-refractivity contribution in [2.24, 2.45) is 0 Å². The van der Waals surface area contributed by atoms with Crippen LogP contribution in [0.3, 0.4) is 0 Å². The van der Waals surface area contributed by atoms with Crippen LogP contribution in [0.15, 0.2) is 29.2 Å². The van der Waals surface area contributed by atoms with E-state index in [4.69, 9.17) is 4.74 Å². The fourth-order valence-electron chi connectivity index (χ4n) is 1.30. The van der Waals surface area contributed by atoms with E-state index in [-0.39, 0.29) is 13.2 Å². The molecule has 4 nitrogen and oxygen atoms in total. The molecule has 0 amide bonds. The van der Waals surface area contributed by atoms with Gasteiger partial charge >= 0.3 is 11.9 Å². The van der Waals surface area contributed by atoms with Crippen molar-refractivity contribution in [1.29, 1.82) is 0 Å². The molecule has 0 saturated carbocycles. The molecule has 0 spiro atoms. The zero-order valence-corrected chi connectivity index (χ0v) is 11.3. The van der Waals surface area contributed by atoms with E-state index in [1.54, 1.807) is 18.7 Å². The van der Waals surface area contributed by atoms with Gasteiger partial charge in [0.2, 0.25) is 0 Å². The first-order valence-electron chi connectivity index (χ1n) is 5.64. The van der Waals surface area contributed by atoms with Gasteiger partial charge in [-0.15, -0.1) is 11.8 Å². The van der Waals surface area contributed by atoms with Crippen molar-refractivity contribution < 1.29 is 19.1 Å². The van der Waals surface area contributed by atoms with Gasteiger partial charge in [-0.3, -0.25) is 0 Å². The average molecular weight is 268 g/mol. The maximum absolute atomic E-state index is 11.1. The van der Waals surface area contributed by atoms with Gasteiger partial charge in [0, 0.05) is 11.3 Å². The van der Waals surface area contributed by atoms with E-state index in [2.05, 4.69) is 4.74 Å². The Morgan fingerprint density at radius 2 is 1.72 bits per heavy atom. The molecule has 0 aliphatic heterocycles. The van der Waals surface area contributed by atoms with Crippen molar-refractivity contribution in [3.8, 4) is 0 Å². The Morgan fingerprint density at radius 1 is 1.11 bits per heavy atom. The van der Waals surface area contributed by atoms with Gasteiger partial charge < -0.3 is 9.47 Å². The fourth-order valence-corrected chi connectivity index (χ4v) is 1.71. The minimum atomic E-state index is -0.935. The SMILES string of the molecule is CCOC(=O)C(=O)OCCc1ccc(SC)cc1. The number of ether oxygens (including phenoxy) is 2. The molecule has 5 heteroatoms. The van der Waals surface area contributed by atoms with Crippen molar-refractivity contribution in [3.63, 3.8) is 0 Å². The number of esters is 2. The predicted octanol–water partition coefficient (Wildman–Crippen LogP) is 2.06. The molecule has 0 bridgehead atoms. The Morgan fingerprint density at radius 3 is 2.28 bits per heavy atom. The van der Waals surface area contributed by atoms with Gasteiger partial charge in [-0.05, 0) is 30.9 Å². The number of benzene rings is 1. The summed E-state index contributed by atoms with van der Waals surface area (Å²) >= 11 is 1.67. The Balaban J connectivity index is 2.32. The number of thioether (sulfide) groups is 1. The summed E-state index contributed by atoms with van der Waals surface area (Å²) in [6.45, 7) is 1.98. The van der Waals surface area contributed by atoms with Crippen molar-refractivity contribution in [2.45, 2.75) is 18.2 Å². The monoisotopic (exact) mass is 268 g/mol. The molecule has 0 saturated heterocycles. The second kappa shape index (κ2) is 7.76. The molecular weight excluding hydrogens is 252 g/mol. The molecule has 0 heterocycles. The molecule has 0 aliphatic rings. The molecule has 98 valence electrons. The van der Waals surface area contributed by atoms with Gasteiger partial charge in [0.15, 0.2) is 0 Å². The summed E-state index contributed by atoms with van der Waals surface area (Å²) in [4.78, 5) is 23.3. The van der Waals surface area contributed by atoms with Gasteiger partial charge in [0.1, 0.15) is 0 Å². The first-order valence-corrected chi connectivity index (χ1v) is 6.86. The van der Waals surface area contributed by atoms with Gasteiger partial charge in [-0.1, -0.05) is 12.1 Å². The molecule has 18 heavy (non-hydrogen) atoms. The highest BCUT2D eigenvalue weighted by molar-refractivity contribution is 7.98. The third kappa shape index (κ3) is 4.79. The number of hydrogen-bond acceptors (Lipinski definition) is 5. The predicted molar refractivity (Wildman–Crippen MR) is 69.5 cm³/mol. The zero-order valence-electron chi connectivity index (χ0n) is 10.5. The highest BCUT2D eigenvalue weighted by Crippen LogP contribution is 2.15. The van der Waals surface area contributed by atoms with Crippen LogP contribution in [0.1, 0.15) is 12.5 Å². The zero-order chi connectivity index (χ0) is 13.4. The summed E-state index contributed by atoms with van der Waals surface area (Å²) in [7, 11) is 0. The smallest absolute Gasteiger partial charge is 0.417 e. The molecule has 1 aromatic rings. The van der Waals surface area contributed by atoms with Crippen LogP contribution >= 0.6 is 11.8 Å². The molecule has 1 rings (SSSR count). The molecule has 0 radical (unpaired) electrons. The third-order valence-electron chi connectivity index (χ3n) is 2.23. The number of hydrogen-bond donors (Lipinski definition) is 0. The summed E-state index contributed by atoms with van der Waals surface area (Å²) in [6, 6.07) is 7.97. The summed E-state index contributed by atoms with van der Waals surface area (Å²) in [5.74, 6) is -1.87. The lowest BCUT2D eigenvalue weighted by atomic mass is 10.2. The van der Waals surface area contributed by atoms with Crippen LogP contribution in [-0.2, 0) is 25.5 Å². The lowest BCUT2D eigenvalue weighted by molar-refractivity contribution is -0.167. The second-order valence-electron chi connectivity index (χ2n) is 3.45. The Bertz CT molecular complexity index is 400. The quantitative estimate of drug-likeness (QED) is 0.465. The van der Waals surface area contributed by atoms with Crippen LogP contribution in [0.2, 0.25) is 0 Å². The van der Waals surface area contributed by atoms with Crippen LogP contribution in [0.5, 0.6) is 0 Å². The molecule has 1 aromatic carbocycles. The van der Waals surface area contributed by atoms with Crippen LogP contribution in [0.25, 0.3) is 0 Å². The van der Waals surface area contributed by atoms with Gasteiger partial charge in [-0.25, -0.2) is 9.59 Å². The Hall–Kier alpha value is -1.49.